The van der Waals surface area contributed by atoms with Gasteiger partial charge in [-0.15, -0.1) is 0 Å². The summed E-state index contributed by atoms with van der Waals surface area (Å²) in [5.41, 5.74) is 1.63. The van der Waals surface area contributed by atoms with Crippen LogP contribution in [0.3, 0.4) is 0 Å². The molecule has 96 valence electrons. The minimum absolute atomic E-state index is 0.145. The number of fused-ring (bicyclic) bond motifs is 1. The van der Waals surface area contributed by atoms with E-state index in [4.69, 9.17) is 9.52 Å². The SMILES string of the molecule is OCc1cc2cc(-c3ccc(O)cc3)cc(F)c2o1. The summed E-state index contributed by atoms with van der Waals surface area (Å²) >= 11 is 0. The van der Waals surface area contributed by atoms with Crippen LogP contribution >= 0.6 is 0 Å². The molecule has 0 aliphatic rings. The van der Waals surface area contributed by atoms with Gasteiger partial charge in [-0.25, -0.2) is 4.39 Å². The Kier molecular flexibility index (Phi) is 2.72. The molecule has 0 unspecified atom stereocenters. The summed E-state index contributed by atoms with van der Waals surface area (Å²) in [5, 5.41) is 18.9. The zero-order valence-electron chi connectivity index (χ0n) is 9.93. The highest BCUT2D eigenvalue weighted by atomic mass is 19.1. The maximum absolute atomic E-state index is 13.9. The predicted octanol–water partition coefficient (Wildman–Crippen LogP) is 3.44. The number of aromatic hydroxyl groups is 1. The molecule has 19 heavy (non-hydrogen) atoms. The van der Waals surface area contributed by atoms with Crippen molar-refractivity contribution >= 4 is 11.0 Å². The van der Waals surface area contributed by atoms with Gasteiger partial charge in [0.25, 0.3) is 0 Å². The Hall–Kier alpha value is -2.33. The Labute approximate surface area is 108 Å². The van der Waals surface area contributed by atoms with Gasteiger partial charge in [-0.05, 0) is 41.5 Å². The van der Waals surface area contributed by atoms with Crippen molar-refractivity contribution in [2.75, 3.05) is 0 Å². The van der Waals surface area contributed by atoms with Crippen LogP contribution in [0.15, 0.2) is 46.9 Å². The number of rotatable bonds is 2. The second-order valence-electron chi connectivity index (χ2n) is 4.29. The van der Waals surface area contributed by atoms with E-state index in [0.717, 1.165) is 5.56 Å². The molecule has 0 spiro atoms. The van der Waals surface area contributed by atoms with Crippen LogP contribution in [0, 0.1) is 5.82 Å². The first-order valence-electron chi connectivity index (χ1n) is 5.79. The van der Waals surface area contributed by atoms with Crippen molar-refractivity contribution in [3.05, 3.63) is 54.0 Å². The molecule has 0 radical (unpaired) electrons. The number of phenolic OH excluding ortho intramolecular Hbond substituents is 1. The van der Waals surface area contributed by atoms with Crippen LogP contribution in [-0.2, 0) is 6.61 Å². The van der Waals surface area contributed by atoms with Crippen molar-refractivity contribution in [3.8, 4) is 16.9 Å². The zero-order chi connectivity index (χ0) is 13.4. The highest BCUT2D eigenvalue weighted by Gasteiger charge is 2.11. The highest BCUT2D eigenvalue weighted by molar-refractivity contribution is 5.84. The topological polar surface area (TPSA) is 53.6 Å². The lowest BCUT2D eigenvalue weighted by molar-refractivity contribution is 0.250. The van der Waals surface area contributed by atoms with E-state index >= 15 is 0 Å². The fraction of sp³-hybridized carbons (Fsp3) is 0.0667. The second kappa shape index (κ2) is 4.40. The van der Waals surface area contributed by atoms with Crippen molar-refractivity contribution in [1.29, 1.82) is 0 Å². The van der Waals surface area contributed by atoms with Crippen LogP contribution < -0.4 is 0 Å². The third kappa shape index (κ3) is 2.06. The summed E-state index contributed by atoms with van der Waals surface area (Å²) in [4.78, 5) is 0. The molecule has 3 aromatic rings. The van der Waals surface area contributed by atoms with Gasteiger partial charge in [-0.3, -0.25) is 0 Å². The number of aliphatic hydroxyl groups is 1. The van der Waals surface area contributed by atoms with E-state index in [1.165, 1.54) is 6.07 Å². The lowest BCUT2D eigenvalue weighted by Gasteiger charge is -2.02. The Morgan fingerprint density at radius 1 is 1.00 bits per heavy atom. The summed E-state index contributed by atoms with van der Waals surface area (Å²) in [7, 11) is 0. The van der Waals surface area contributed by atoms with E-state index in [0.29, 0.717) is 16.7 Å². The molecule has 0 amide bonds. The normalized spacial score (nSPS) is 11.1. The number of furan rings is 1. The van der Waals surface area contributed by atoms with Crippen molar-refractivity contribution in [2.24, 2.45) is 0 Å². The Morgan fingerprint density at radius 3 is 2.42 bits per heavy atom. The van der Waals surface area contributed by atoms with Crippen molar-refractivity contribution < 1.29 is 19.0 Å². The molecule has 0 atom stereocenters. The first-order valence-corrected chi connectivity index (χ1v) is 5.79. The van der Waals surface area contributed by atoms with Gasteiger partial charge in [0, 0.05) is 5.39 Å². The van der Waals surface area contributed by atoms with E-state index < -0.39 is 5.82 Å². The first-order chi connectivity index (χ1) is 9.17. The van der Waals surface area contributed by atoms with Gasteiger partial charge in [0.2, 0.25) is 0 Å². The van der Waals surface area contributed by atoms with Crippen molar-refractivity contribution in [2.45, 2.75) is 6.61 Å². The number of phenols is 1. The standard InChI is InChI=1S/C15H11FO3/c16-14-7-10(9-1-3-12(18)4-2-9)5-11-6-13(8-17)19-15(11)14/h1-7,17-18H,8H2. The second-order valence-corrected chi connectivity index (χ2v) is 4.29. The molecular weight excluding hydrogens is 247 g/mol. The summed E-state index contributed by atoms with van der Waals surface area (Å²) in [6.07, 6.45) is 0. The Balaban J connectivity index is 2.17. The third-order valence-electron chi connectivity index (χ3n) is 2.98. The molecule has 0 fully saturated rings. The van der Waals surface area contributed by atoms with Crippen LogP contribution in [0.1, 0.15) is 5.76 Å². The molecule has 1 heterocycles. The quantitative estimate of drug-likeness (QED) is 0.740. The summed E-state index contributed by atoms with van der Waals surface area (Å²) < 4.78 is 19.1. The molecule has 2 aromatic carbocycles. The van der Waals surface area contributed by atoms with Crippen molar-refractivity contribution in [1.82, 2.24) is 0 Å². The smallest absolute Gasteiger partial charge is 0.170 e. The molecule has 4 heteroatoms. The van der Waals surface area contributed by atoms with Crippen LogP contribution in [0.5, 0.6) is 5.75 Å². The molecule has 0 saturated carbocycles. The fourth-order valence-electron chi connectivity index (χ4n) is 2.06. The number of halogens is 1. The van der Waals surface area contributed by atoms with Gasteiger partial charge in [0.1, 0.15) is 18.1 Å². The van der Waals surface area contributed by atoms with Crippen LogP contribution in [0.2, 0.25) is 0 Å². The maximum Gasteiger partial charge on any atom is 0.170 e. The lowest BCUT2D eigenvalue weighted by Crippen LogP contribution is -1.81. The third-order valence-corrected chi connectivity index (χ3v) is 2.98. The maximum atomic E-state index is 13.9. The summed E-state index contributed by atoms with van der Waals surface area (Å²) in [6, 6.07) is 11.3. The number of aliphatic hydroxyl groups excluding tert-OH is 1. The molecule has 2 N–H and O–H groups in total. The molecule has 0 aliphatic carbocycles. The predicted molar refractivity (Wildman–Crippen MR) is 69.2 cm³/mol. The zero-order valence-corrected chi connectivity index (χ0v) is 9.93. The molecule has 0 bridgehead atoms. The Morgan fingerprint density at radius 2 is 1.74 bits per heavy atom. The van der Waals surface area contributed by atoms with E-state index in [1.54, 1.807) is 36.4 Å². The molecule has 0 aliphatic heterocycles. The van der Waals surface area contributed by atoms with E-state index in [-0.39, 0.29) is 17.9 Å². The largest absolute Gasteiger partial charge is 0.508 e. The molecule has 3 rings (SSSR count). The average Bonchev–Trinajstić information content (AvgIpc) is 2.83. The van der Waals surface area contributed by atoms with Gasteiger partial charge < -0.3 is 14.6 Å². The van der Waals surface area contributed by atoms with Crippen LogP contribution in [0.4, 0.5) is 4.39 Å². The van der Waals surface area contributed by atoms with Gasteiger partial charge in [-0.2, -0.15) is 0 Å². The highest BCUT2D eigenvalue weighted by Crippen LogP contribution is 2.30. The van der Waals surface area contributed by atoms with Crippen LogP contribution in [0.25, 0.3) is 22.1 Å². The molecule has 1 aromatic heterocycles. The first kappa shape index (κ1) is 11.7. The molecule has 3 nitrogen and oxygen atoms in total. The minimum atomic E-state index is -0.472. The van der Waals surface area contributed by atoms with E-state index in [1.807, 2.05) is 0 Å². The lowest BCUT2D eigenvalue weighted by atomic mass is 10.0. The van der Waals surface area contributed by atoms with Gasteiger partial charge in [0.15, 0.2) is 11.4 Å². The molecule has 0 saturated heterocycles. The summed E-state index contributed by atoms with van der Waals surface area (Å²) in [6.45, 7) is -0.261. The van der Waals surface area contributed by atoms with E-state index in [9.17, 15) is 9.50 Å². The van der Waals surface area contributed by atoms with Crippen molar-refractivity contribution in [3.63, 3.8) is 0 Å². The Bertz CT molecular complexity index is 729. The monoisotopic (exact) mass is 258 g/mol. The van der Waals surface area contributed by atoms with Gasteiger partial charge in [-0.1, -0.05) is 12.1 Å². The van der Waals surface area contributed by atoms with Crippen LogP contribution in [-0.4, -0.2) is 10.2 Å². The fourth-order valence-corrected chi connectivity index (χ4v) is 2.06. The molecular formula is C15H11FO3. The number of benzene rings is 2. The minimum Gasteiger partial charge on any atom is -0.508 e. The number of hydrogen-bond acceptors (Lipinski definition) is 3. The summed E-state index contributed by atoms with van der Waals surface area (Å²) in [5.74, 6) is 0.0215. The van der Waals surface area contributed by atoms with Gasteiger partial charge >= 0.3 is 0 Å². The van der Waals surface area contributed by atoms with Gasteiger partial charge in [0.05, 0.1) is 0 Å². The van der Waals surface area contributed by atoms with E-state index in [2.05, 4.69) is 0 Å². The average molecular weight is 258 g/mol. The number of hydrogen-bond donors (Lipinski definition) is 2.